The highest BCUT2D eigenvalue weighted by atomic mass is 16.5. The van der Waals surface area contributed by atoms with E-state index in [0.717, 1.165) is 84.4 Å². The zero-order valence-electron chi connectivity index (χ0n) is 24.8. The number of aryl methyl sites for hydroxylation is 3. The highest BCUT2D eigenvalue weighted by molar-refractivity contribution is 6.00. The maximum absolute atomic E-state index is 5.77. The highest BCUT2D eigenvalue weighted by Gasteiger charge is 2.26. The van der Waals surface area contributed by atoms with Gasteiger partial charge in [-0.05, 0) is 47.8 Å². The predicted octanol–water partition coefficient (Wildman–Crippen LogP) is 5.20. The van der Waals surface area contributed by atoms with E-state index >= 15 is 0 Å². The van der Waals surface area contributed by atoms with E-state index in [2.05, 4.69) is 75.2 Å². The number of hydrogen-bond acceptors (Lipinski definition) is 7. The van der Waals surface area contributed by atoms with Crippen molar-refractivity contribution in [2.75, 3.05) is 43.5 Å². The molecule has 2 aromatic carbocycles. The lowest BCUT2D eigenvalue weighted by Gasteiger charge is -2.30. The van der Waals surface area contributed by atoms with Gasteiger partial charge in [0.05, 0.1) is 30.4 Å². The average molecular weight is 573 g/mol. The number of anilines is 2. The molecule has 0 unspecified atom stereocenters. The monoisotopic (exact) mass is 572 g/mol. The Morgan fingerprint density at radius 3 is 2.53 bits per heavy atom. The first kappa shape index (κ1) is 27.0. The summed E-state index contributed by atoms with van der Waals surface area (Å²) in [4.78, 5) is 7.27. The Kier molecular flexibility index (Phi) is 7.16. The van der Waals surface area contributed by atoms with Crippen LogP contribution in [0.5, 0.6) is 5.75 Å². The smallest absolute Gasteiger partial charge is 0.144 e. The van der Waals surface area contributed by atoms with Gasteiger partial charge in [-0.25, -0.2) is 4.99 Å². The lowest BCUT2D eigenvalue weighted by Crippen LogP contribution is -2.43. The van der Waals surface area contributed by atoms with Crippen LogP contribution in [0.3, 0.4) is 0 Å². The number of piperazine rings is 1. The van der Waals surface area contributed by atoms with Crippen molar-refractivity contribution in [3.63, 3.8) is 0 Å². The second-order valence-electron chi connectivity index (χ2n) is 11.1. The van der Waals surface area contributed by atoms with Gasteiger partial charge < -0.3 is 20.3 Å². The molecule has 1 fully saturated rings. The molecule has 0 atom stereocenters. The van der Waals surface area contributed by atoms with Crippen LogP contribution in [0, 0.1) is 0 Å². The summed E-state index contributed by atoms with van der Waals surface area (Å²) < 4.78 is 9.61. The van der Waals surface area contributed by atoms with E-state index in [9.17, 15) is 0 Å². The van der Waals surface area contributed by atoms with Gasteiger partial charge in [0, 0.05) is 81.1 Å². The normalized spacial score (nSPS) is 19.0. The van der Waals surface area contributed by atoms with Crippen LogP contribution in [-0.4, -0.2) is 59.1 Å². The van der Waals surface area contributed by atoms with Gasteiger partial charge >= 0.3 is 0 Å². The largest absolute Gasteiger partial charge is 0.494 e. The van der Waals surface area contributed by atoms with Crippen molar-refractivity contribution in [2.24, 2.45) is 19.1 Å². The summed E-state index contributed by atoms with van der Waals surface area (Å²) >= 11 is 0. The first-order valence-electron chi connectivity index (χ1n) is 14.8. The number of allylic oxidation sites excluding steroid dienone is 5. The maximum Gasteiger partial charge on any atom is 0.144 e. The third kappa shape index (κ3) is 5.28. The molecule has 1 saturated heterocycles. The van der Waals surface area contributed by atoms with E-state index in [4.69, 9.17) is 14.8 Å². The van der Waals surface area contributed by atoms with Crippen LogP contribution >= 0.6 is 0 Å². The van der Waals surface area contributed by atoms with Gasteiger partial charge in [0.2, 0.25) is 0 Å². The molecule has 43 heavy (non-hydrogen) atoms. The van der Waals surface area contributed by atoms with Gasteiger partial charge in [-0.15, -0.1) is 0 Å². The van der Waals surface area contributed by atoms with Gasteiger partial charge in [0.25, 0.3) is 0 Å². The number of fused-ring (bicyclic) bond motifs is 2. The molecule has 0 spiro atoms. The zero-order chi connectivity index (χ0) is 29.3. The average Bonchev–Trinajstić information content (AvgIpc) is 3.61. The molecule has 1 aliphatic carbocycles. The topological polar surface area (TPSA) is 84.5 Å². The molecule has 9 nitrogen and oxygen atoms in total. The SMILES string of the molecule is COc1cc(N2CCNCC2)ccc1NC1=C/C=C/C2=C(/C=N\1)CCc1nn(C)c(-c3ccc(-c4cnn(C)c4)cc3)c12. The predicted molar refractivity (Wildman–Crippen MR) is 174 cm³/mol. The Labute approximate surface area is 251 Å². The first-order chi connectivity index (χ1) is 21.1. The number of nitrogens with zero attached hydrogens (tertiary/aromatic N) is 6. The maximum atomic E-state index is 5.77. The van der Waals surface area contributed by atoms with E-state index in [1.54, 1.807) is 7.11 Å². The Bertz CT molecular complexity index is 1780. The second-order valence-corrected chi connectivity index (χ2v) is 11.1. The van der Waals surface area contributed by atoms with Crippen LogP contribution in [0.15, 0.2) is 89.5 Å². The summed E-state index contributed by atoms with van der Waals surface area (Å²) in [6, 6.07) is 15.0. The van der Waals surface area contributed by atoms with Gasteiger partial charge in [-0.2, -0.15) is 10.2 Å². The number of aromatic nitrogens is 4. The molecule has 4 aromatic rings. The third-order valence-corrected chi connectivity index (χ3v) is 8.37. The number of hydrogen-bond donors (Lipinski definition) is 2. The van der Waals surface area contributed by atoms with Crippen molar-refractivity contribution in [1.29, 1.82) is 0 Å². The number of nitrogens with one attached hydrogen (secondary N) is 2. The van der Waals surface area contributed by atoms with Gasteiger partial charge in [0.1, 0.15) is 11.6 Å². The Morgan fingerprint density at radius 1 is 0.953 bits per heavy atom. The van der Waals surface area contributed by atoms with E-state index in [0.29, 0.717) is 0 Å². The Hall–Kier alpha value is -4.89. The minimum atomic E-state index is 0.763. The summed E-state index contributed by atoms with van der Waals surface area (Å²) in [5.74, 6) is 1.56. The molecular formula is C34H36N8O. The van der Waals surface area contributed by atoms with Crippen molar-refractivity contribution in [3.8, 4) is 28.1 Å². The summed E-state index contributed by atoms with van der Waals surface area (Å²) in [6.45, 7) is 3.97. The lowest BCUT2D eigenvalue weighted by atomic mass is 9.86. The number of methoxy groups -OCH3 is 1. The van der Waals surface area contributed by atoms with Gasteiger partial charge in [-0.1, -0.05) is 36.4 Å². The molecule has 2 aliphatic heterocycles. The molecule has 0 amide bonds. The Morgan fingerprint density at radius 2 is 1.77 bits per heavy atom. The summed E-state index contributed by atoms with van der Waals surface area (Å²) in [5, 5.41) is 16.1. The highest BCUT2D eigenvalue weighted by Crippen LogP contribution is 2.39. The van der Waals surface area contributed by atoms with E-state index < -0.39 is 0 Å². The molecule has 0 radical (unpaired) electrons. The molecule has 4 heterocycles. The standard InChI is InChI=1S/C34H36N8O/c1-40-22-26(21-37-40)23-7-9-24(10-8-23)34-33-28-5-4-6-32(36-20-25(28)11-13-30(33)39-41(34)2)38-29-14-12-27(19-31(29)43-3)42-17-15-35-16-18-42/h4-10,12,14,19-22,35H,11,13,15-18H2,1-3H3,(H,36,38). The summed E-state index contributed by atoms with van der Waals surface area (Å²) in [5.41, 5.74) is 11.3. The number of aliphatic imine (C=N–C) groups is 1. The van der Waals surface area contributed by atoms with Gasteiger partial charge in [0.15, 0.2) is 0 Å². The van der Waals surface area contributed by atoms with Crippen LogP contribution in [0.4, 0.5) is 11.4 Å². The number of ether oxygens (including phenoxy) is 1. The number of rotatable bonds is 6. The second kappa shape index (κ2) is 11.4. The lowest BCUT2D eigenvalue weighted by molar-refractivity contribution is 0.416. The summed E-state index contributed by atoms with van der Waals surface area (Å²) in [6.07, 6.45) is 14.0. The molecule has 9 heteroatoms. The van der Waals surface area contributed by atoms with Gasteiger partial charge in [-0.3, -0.25) is 9.36 Å². The fourth-order valence-electron chi connectivity index (χ4n) is 6.17. The minimum absolute atomic E-state index is 0.763. The fraction of sp³-hybridized carbons (Fsp3) is 0.265. The summed E-state index contributed by atoms with van der Waals surface area (Å²) in [7, 11) is 5.69. The van der Waals surface area contributed by atoms with Crippen molar-refractivity contribution in [1.82, 2.24) is 24.9 Å². The van der Waals surface area contributed by atoms with Crippen molar-refractivity contribution in [3.05, 3.63) is 95.7 Å². The molecule has 0 saturated carbocycles. The van der Waals surface area contributed by atoms with Crippen LogP contribution in [0.1, 0.15) is 17.7 Å². The quantitative estimate of drug-likeness (QED) is 0.331. The molecule has 218 valence electrons. The van der Waals surface area contributed by atoms with Crippen LogP contribution < -0.4 is 20.3 Å². The molecule has 2 aromatic heterocycles. The molecule has 3 aliphatic rings. The molecular weight excluding hydrogens is 536 g/mol. The van der Waals surface area contributed by atoms with Crippen molar-refractivity contribution in [2.45, 2.75) is 12.8 Å². The van der Waals surface area contributed by atoms with Crippen LogP contribution in [-0.2, 0) is 20.5 Å². The van der Waals surface area contributed by atoms with E-state index in [1.807, 2.05) is 48.1 Å². The molecule has 0 bridgehead atoms. The fourth-order valence-corrected chi connectivity index (χ4v) is 6.17. The molecule has 2 N–H and O–H groups in total. The van der Waals surface area contributed by atoms with E-state index in [-0.39, 0.29) is 0 Å². The van der Waals surface area contributed by atoms with Crippen LogP contribution in [0.2, 0.25) is 0 Å². The van der Waals surface area contributed by atoms with Crippen molar-refractivity contribution >= 4 is 23.2 Å². The number of benzene rings is 2. The molecule has 7 rings (SSSR count). The zero-order valence-corrected chi connectivity index (χ0v) is 24.8. The van der Waals surface area contributed by atoms with E-state index in [1.165, 1.54) is 22.4 Å². The minimum Gasteiger partial charge on any atom is -0.494 e. The first-order valence-corrected chi connectivity index (χ1v) is 14.8. The Balaban J connectivity index is 1.15. The van der Waals surface area contributed by atoms with Crippen LogP contribution in [0.25, 0.3) is 28.0 Å². The van der Waals surface area contributed by atoms with Crippen molar-refractivity contribution < 1.29 is 4.74 Å². The third-order valence-electron chi connectivity index (χ3n) is 8.37.